The summed E-state index contributed by atoms with van der Waals surface area (Å²) in [6, 6.07) is 16.1. The van der Waals surface area contributed by atoms with Gasteiger partial charge in [0, 0.05) is 0 Å². The van der Waals surface area contributed by atoms with Crippen LogP contribution >= 0.6 is 11.3 Å². The molecule has 0 spiro atoms. The summed E-state index contributed by atoms with van der Waals surface area (Å²) < 4.78 is 17.6. The maximum absolute atomic E-state index is 13.2. The van der Waals surface area contributed by atoms with Gasteiger partial charge in [-0.15, -0.1) is 11.3 Å². The SMILES string of the molecule is Cc1c(C(=O)OCCOc2ccccc2)sc2ncn(Cc3ccc(C(=O)OC(C)C)cc3)c(=O)c12. The lowest BCUT2D eigenvalue weighted by Gasteiger charge is -2.09. The van der Waals surface area contributed by atoms with Crippen molar-refractivity contribution in [1.82, 2.24) is 9.55 Å². The van der Waals surface area contributed by atoms with Crippen molar-refractivity contribution in [3.05, 3.63) is 92.8 Å². The second-order valence-electron chi connectivity index (χ2n) is 8.36. The molecular formula is C27H26N2O6S. The Balaban J connectivity index is 1.44. The minimum atomic E-state index is -0.512. The Labute approximate surface area is 212 Å². The van der Waals surface area contributed by atoms with Gasteiger partial charge in [-0.25, -0.2) is 14.6 Å². The molecule has 8 nitrogen and oxygen atoms in total. The van der Waals surface area contributed by atoms with Gasteiger partial charge in [0.1, 0.15) is 28.7 Å². The van der Waals surface area contributed by atoms with E-state index in [2.05, 4.69) is 4.98 Å². The molecule has 0 saturated heterocycles. The van der Waals surface area contributed by atoms with Crippen LogP contribution in [0.1, 0.15) is 45.0 Å². The second kappa shape index (κ2) is 11.2. The number of carbonyl (C=O) groups is 2. The number of esters is 2. The van der Waals surface area contributed by atoms with E-state index in [1.165, 1.54) is 10.9 Å². The number of para-hydroxylation sites is 1. The predicted molar refractivity (Wildman–Crippen MR) is 137 cm³/mol. The van der Waals surface area contributed by atoms with Crippen LogP contribution < -0.4 is 10.3 Å². The van der Waals surface area contributed by atoms with Crippen molar-refractivity contribution in [3.63, 3.8) is 0 Å². The molecule has 0 amide bonds. The molecule has 0 N–H and O–H groups in total. The summed E-state index contributed by atoms with van der Waals surface area (Å²) in [6.45, 7) is 5.88. The van der Waals surface area contributed by atoms with Gasteiger partial charge in [0.15, 0.2) is 0 Å². The fraction of sp³-hybridized carbons (Fsp3) is 0.259. The Hall–Kier alpha value is -3.98. The van der Waals surface area contributed by atoms with Gasteiger partial charge in [-0.2, -0.15) is 0 Å². The van der Waals surface area contributed by atoms with Crippen LogP contribution in [-0.2, 0) is 16.0 Å². The molecule has 2 aromatic carbocycles. The van der Waals surface area contributed by atoms with E-state index < -0.39 is 11.9 Å². The Morgan fingerprint density at radius 3 is 2.42 bits per heavy atom. The predicted octanol–water partition coefficient (Wildman–Crippen LogP) is 4.62. The molecule has 0 saturated carbocycles. The lowest BCUT2D eigenvalue weighted by molar-refractivity contribution is 0.0377. The summed E-state index contributed by atoms with van der Waals surface area (Å²) in [7, 11) is 0. The molecule has 0 atom stereocenters. The van der Waals surface area contributed by atoms with Crippen molar-refractivity contribution in [2.75, 3.05) is 13.2 Å². The van der Waals surface area contributed by atoms with Gasteiger partial charge in [0.25, 0.3) is 5.56 Å². The number of ether oxygens (including phenoxy) is 3. The first-order chi connectivity index (χ1) is 17.3. The van der Waals surface area contributed by atoms with E-state index in [4.69, 9.17) is 14.2 Å². The quantitative estimate of drug-likeness (QED) is 0.241. The smallest absolute Gasteiger partial charge is 0.348 e. The Kier molecular flexibility index (Phi) is 7.80. The Bertz CT molecular complexity index is 1420. The highest BCUT2D eigenvalue weighted by atomic mass is 32.1. The van der Waals surface area contributed by atoms with Crippen molar-refractivity contribution in [2.24, 2.45) is 0 Å². The average Bonchev–Trinajstić information content (AvgIpc) is 3.21. The molecular weight excluding hydrogens is 480 g/mol. The molecule has 186 valence electrons. The van der Waals surface area contributed by atoms with E-state index in [9.17, 15) is 14.4 Å². The largest absolute Gasteiger partial charge is 0.490 e. The summed E-state index contributed by atoms with van der Waals surface area (Å²) in [5.74, 6) is -0.208. The molecule has 9 heteroatoms. The van der Waals surface area contributed by atoms with Crippen molar-refractivity contribution in [2.45, 2.75) is 33.4 Å². The van der Waals surface area contributed by atoms with Gasteiger partial charge >= 0.3 is 11.9 Å². The monoisotopic (exact) mass is 506 g/mol. The Morgan fingerprint density at radius 1 is 1.00 bits per heavy atom. The van der Waals surface area contributed by atoms with Crippen LogP contribution in [0, 0.1) is 6.92 Å². The summed E-state index contributed by atoms with van der Waals surface area (Å²) in [5.41, 5.74) is 1.57. The second-order valence-corrected chi connectivity index (χ2v) is 9.36. The van der Waals surface area contributed by atoms with Gasteiger partial charge in [-0.3, -0.25) is 9.36 Å². The van der Waals surface area contributed by atoms with E-state index in [0.29, 0.717) is 32.0 Å². The zero-order chi connectivity index (χ0) is 25.7. The number of nitrogens with zero attached hydrogens (tertiary/aromatic N) is 2. The van der Waals surface area contributed by atoms with Crippen LogP contribution in [0.5, 0.6) is 5.75 Å². The first-order valence-corrected chi connectivity index (χ1v) is 12.3. The summed E-state index contributed by atoms with van der Waals surface area (Å²) in [5, 5.41) is 0.395. The summed E-state index contributed by atoms with van der Waals surface area (Å²) >= 11 is 1.13. The molecule has 4 aromatic rings. The van der Waals surface area contributed by atoms with E-state index >= 15 is 0 Å². The van der Waals surface area contributed by atoms with E-state index in [0.717, 1.165) is 16.9 Å². The fourth-order valence-electron chi connectivity index (χ4n) is 3.57. The zero-order valence-electron chi connectivity index (χ0n) is 20.2. The van der Waals surface area contributed by atoms with Crippen LogP contribution in [0.3, 0.4) is 0 Å². The Morgan fingerprint density at radius 2 is 1.72 bits per heavy atom. The number of benzene rings is 2. The molecule has 2 aromatic heterocycles. The number of hydrogen-bond acceptors (Lipinski definition) is 8. The van der Waals surface area contributed by atoms with Gasteiger partial charge in [0.05, 0.1) is 29.9 Å². The molecule has 0 aliphatic rings. The molecule has 0 unspecified atom stereocenters. The molecule has 2 heterocycles. The van der Waals surface area contributed by atoms with Crippen molar-refractivity contribution in [3.8, 4) is 5.75 Å². The van der Waals surface area contributed by atoms with Crippen molar-refractivity contribution >= 4 is 33.5 Å². The minimum Gasteiger partial charge on any atom is -0.490 e. The van der Waals surface area contributed by atoms with Crippen LogP contribution in [0.25, 0.3) is 10.2 Å². The van der Waals surface area contributed by atoms with E-state index in [1.54, 1.807) is 45.0 Å². The maximum Gasteiger partial charge on any atom is 0.348 e. The van der Waals surface area contributed by atoms with Crippen LogP contribution in [0.15, 0.2) is 65.7 Å². The standard InChI is InChI=1S/C27H26N2O6S/c1-17(2)35-26(31)20-11-9-19(10-12-20)15-29-16-28-24-22(25(29)30)18(3)23(36-24)27(32)34-14-13-33-21-7-5-4-6-8-21/h4-12,16-17H,13-15H2,1-3H3. The fourth-order valence-corrected chi connectivity index (χ4v) is 4.60. The third-order valence-corrected chi connectivity index (χ3v) is 6.50. The van der Waals surface area contributed by atoms with Crippen LogP contribution in [-0.4, -0.2) is 40.8 Å². The van der Waals surface area contributed by atoms with Gasteiger partial charge in [-0.1, -0.05) is 30.3 Å². The van der Waals surface area contributed by atoms with Gasteiger partial charge in [-0.05, 0) is 56.2 Å². The maximum atomic E-state index is 13.2. The first-order valence-electron chi connectivity index (χ1n) is 11.5. The molecule has 0 radical (unpaired) electrons. The molecule has 0 fully saturated rings. The highest BCUT2D eigenvalue weighted by Crippen LogP contribution is 2.27. The normalized spacial score (nSPS) is 11.0. The van der Waals surface area contributed by atoms with Crippen LogP contribution in [0.2, 0.25) is 0 Å². The number of thiophene rings is 1. The minimum absolute atomic E-state index is 0.0831. The zero-order valence-corrected chi connectivity index (χ0v) is 21.0. The lowest BCUT2D eigenvalue weighted by atomic mass is 10.1. The van der Waals surface area contributed by atoms with Gasteiger partial charge in [0.2, 0.25) is 0 Å². The van der Waals surface area contributed by atoms with Gasteiger partial charge < -0.3 is 14.2 Å². The third-order valence-electron chi connectivity index (χ3n) is 5.32. The summed E-state index contributed by atoms with van der Waals surface area (Å²) in [6.07, 6.45) is 1.26. The van der Waals surface area contributed by atoms with Crippen molar-refractivity contribution in [1.29, 1.82) is 0 Å². The molecule has 0 aliphatic heterocycles. The van der Waals surface area contributed by atoms with E-state index in [-0.39, 0.29) is 31.4 Å². The lowest BCUT2D eigenvalue weighted by Crippen LogP contribution is -2.21. The molecule has 0 aliphatic carbocycles. The third kappa shape index (κ3) is 5.80. The molecule has 36 heavy (non-hydrogen) atoms. The topological polar surface area (TPSA) is 96.7 Å². The number of aryl methyl sites for hydroxylation is 1. The number of rotatable bonds is 9. The number of carbonyl (C=O) groups excluding carboxylic acids is 2. The van der Waals surface area contributed by atoms with E-state index in [1.807, 2.05) is 30.3 Å². The number of aromatic nitrogens is 2. The van der Waals surface area contributed by atoms with Crippen molar-refractivity contribution < 1.29 is 23.8 Å². The van der Waals surface area contributed by atoms with Crippen LogP contribution in [0.4, 0.5) is 0 Å². The number of hydrogen-bond donors (Lipinski definition) is 0. The average molecular weight is 507 g/mol. The number of fused-ring (bicyclic) bond motifs is 1. The first kappa shape index (κ1) is 25.1. The highest BCUT2D eigenvalue weighted by molar-refractivity contribution is 7.20. The highest BCUT2D eigenvalue weighted by Gasteiger charge is 2.21. The molecule has 0 bridgehead atoms. The summed E-state index contributed by atoms with van der Waals surface area (Å²) in [4.78, 5) is 43.1. The molecule has 4 rings (SSSR count).